The Hall–Kier alpha value is -2.30. The number of rotatable bonds is 3. The van der Waals surface area contributed by atoms with Crippen LogP contribution in [0.25, 0.3) is 11.0 Å². The third-order valence-electron chi connectivity index (χ3n) is 2.70. The number of nitrogens with zero attached hydrogens (tertiary/aromatic N) is 2. The smallest absolute Gasteiger partial charge is 0.316 e. The fourth-order valence-electron chi connectivity index (χ4n) is 1.65. The van der Waals surface area contributed by atoms with Crippen molar-refractivity contribution in [3.8, 4) is 0 Å². The first kappa shape index (κ1) is 12.2. The molecule has 1 atom stereocenters. The summed E-state index contributed by atoms with van der Waals surface area (Å²) in [6, 6.07) is 4.97. The second kappa shape index (κ2) is 4.91. The first-order valence-corrected chi connectivity index (χ1v) is 5.46. The van der Waals surface area contributed by atoms with Crippen LogP contribution in [-0.4, -0.2) is 28.8 Å². The predicted octanol–water partition coefficient (Wildman–Crippen LogP) is 1.62. The molecule has 0 aliphatic heterocycles. The van der Waals surface area contributed by atoms with Crippen LogP contribution in [0.1, 0.15) is 17.3 Å². The lowest BCUT2D eigenvalue weighted by Gasteiger charge is -2.08. The number of methoxy groups -OCH3 is 1. The minimum Gasteiger partial charge on any atom is -0.468 e. The number of hydrogen-bond donors (Lipinski definition) is 0. The molecule has 92 valence electrons. The lowest BCUT2D eigenvalue weighted by atomic mass is 9.99. The summed E-state index contributed by atoms with van der Waals surface area (Å²) >= 11 is 0. The molecule has 0 bridgehead atoms. The van der Waals surface area contributed by atoms with E-state index in [0.29, 0.717) is 16.6 Å². The van der Waals surface area contributed by atoms with Crippen LogP contribution in [0.5, 0.6) is 0 Å². The molecule has 0 saturated carbocycles. The molecule has 0 amide bonds. The summed E-state index contributed by atoms with van der Waals surface area (Å²) in [4.78, 5) is 31.6. The molecular formula is C13H12N2O3. The van der Waals surface area contributed by atoms with Crippen molar-refractivity contribution >= 4 is 22.8 Å². The van der Waals surface area contributed by atoms with E-state index < -0.39 is 11.9 Å². The zero-order valence-corrected chi connectivity index (χ0v) is 10.1. The minimum atomic E-state index is -0.816. The zero-order chi connectivity index (χ0) is 13.1. The standard InChI is InChI=1S/C13H12N2O3/c1-8(13(17)18-2)12(16)9-3-4-10-11(7-9)15-6-5-14-10/h3-8H,1-2H3. The molecule has 1 unspecified atom stereocenters. The maximum Gasteiger partial charge on any atom is 0.316 e. The lowest BCUT2D eigenvalue weighted by molar-refractivity contribution is -0.143. The van der Waals surface area contributed by atoms with Crippen LogP contribution in [0, 0.1) is 5.92 Å². The van der Waals surface area contributed by atoms with Gasteiger partial charge in [0.05, 0.1) is 18.1 Å². The van der Waals surface area contributed by atoms with Crippen LogP contribution in [0.2, 0.25) is 0 Å². The third-order valence-corrected chi connectivity index (χ3v) is 2.70. The zero-order valence-electron chi connectivity index (χ0n) is 10.1. The van der Waals surface area contributed by atoms with Crippen molar-refractivity contribution in [2.45, 2.75) is 6.92 Å². The van der Waals surface area contributed by atoms with E-state index in [0.717, 1.165) is 0 Å². The Bertz CT molecular complexity index is 610. The highest BCUT2D eigenvalue weighted by molar-refractivity contribution is 6.09. The van der Waals surface area contributed by atoms with Crippen molar-refractivity contribution in [2.75, 3.05) is 7.11 Å². The monoisotopic (exact) mass is 244 g/mol. The Kier molecular flexibility index (Phi) is 3.32. The Labute approximate surface area is 104 Å². The van der Waals surface area contributed by atoms with Gasteiger partial charge in [0.2, 0.25) is 0 Å². The van der Waals surface area contributed by atoms with Gasteiger partial charge in [-0.25, -0.2) is 0 Å². The average Bonchev–Trinajstić information content (AvgIpc) is 2.44. The topological polar surface area (TPSA) is 69.2 Å². The molecule has 0 radical (unpaired) electrons. The van der Waals surface area contributed by atoms with E-state index in [-0.39, 0.29) is 5.78 Å². The summed E-state index contributed by atoms with van der Waals surface area (Å²) in [7, 11) is 1.26. The van der Waals surface area contributed by atoms with Gasteiger partial charge < -0.3 is 4.74 Å². The SMILES string of the molecule is COC(=O)C(C)C(=O)c1ccc2nccnc2c1. The number of Topliss-reactive ketones (excluding diaryl/α,β-unsaturated/α-hetero) is 1. The summed E-state index contributed by atoms with van der Waals surface area (Å²) in [6.45, 7) is 1.52. The second-order valence-electron chi connectivity index (χ2n) is 3.87. The van der Waals surface area contributed by atoms with Crippen LogP contribution in [0.3, 0.4) is 0 Å². The molecule has 2 aromatic rings. The Morgan fingerprint density at radius 1 is 1.17 bits per heavy atom. The molecule has 0 fully saturated rings. The van der Waals surface area contributed by atoms with Gasteiger partial charge in [0, 0.05) is 18.0 Å². The quantitative estimate of drug-likeness (QED) is 0.466. The average molecular weight is 244 g/mol. The van der Waals surface area contributed by atoms with Gasteiger partial charge in [0.25, 0.3) is 0 Å². The molecule has 0 aliphatic carbocycles. The number of carbonyl (C=O) groups excluding carboxylic acids is 2. The number of ether oxygens (including phenoxy) is 1. The van der Waals surface area contributed by atoms with E-state index in [9.17, 15) is 9.59 Å². The summed E-state index contributed by atoms with van der Waals surface area (Å²) in [5.41, 5.74) is 1.76. The van der Waals surface area contributed by atoms with Crippen LogP contribution in [0.15, 0.2) is 30.6 Å². The predicted molar refractivity (Wildman–Crippen MR) is 65.0 cm³/mol. The number of ketones is 1. The number of carbonyl (C=O) groups is 2. The van der Waals surface area contributed by atoms with Gasteiger partial charge >= 0.3 is 5.97 Å². The molecule has 0 N–H and O–H groups in total. The van der Waals surface area contributed by atoms with Gasteiger partial charge in [-0.05, 0) is 25.1 Å². The molecule has 1 heterocycles. The Morgan fingerprint density at radius 3 is 2.50 bits per heavy atom. The van der Waals surface area contributed by atoms with Crippen LogP contribution in [-0.2, 0) is 9.53 Å². The van der Waals surface area contributed by atoms with E-state index in [1.165, 1.54) is 14.0 Å². The van der Waals surface area contributed by atoms with Gasteiger partial charge in [-0.1, -0.05) is 0 Å². The van der Waals surface area contributed by atoms with Crippen molar-refractivity contribution in [1.29, 1.82) is 0 Å². The fourth-order valence-corrected chi connectivity index (χ4v) is 1.65. The highest BCUT2D eigenvalue weighted by Gasteiger charge is 2.23. The van der Waals surface area contributed by atoms with Crippen molar-refractivity contribution in [2.24, 2.45) is 5.92 Å². The number of aromatic nitrogens is 2. The van der Waals surface area contributed by atoms with E-state index in [1.54, 1.807) is 30.6 Å². The summed E-state index contributed by atoms with van der Waals surface area (Å²) in [5.74, 6) is -1.64. The highest BCUT2D eigenvalue weighted by atomic mass is 16.5. The Balaban J connectivity index is 2.36. The first-order chi connectivity index (χ1) is 8.63. The molecule has 0 aliphatic rings. The van der Waals surface area contributed by atoms with Crippen LogP contribution < -0.4 is 0 Å². The molecule has 5 nitrogen and oxygen atoms in total. The Morgan fingerprint density at radius 2 is 1.83 bits per heavy atom. The number of esters is 1. The normalized spacial score (nSPS) is 12.1. The van der Waals surface area contributed by atoms with Gasteiger partial charge in [0.15, 0.2) is 5.78 Å². The number of benzene rings is 1. The maximum absolute atomic E-state index is 12.0. The summed E-state index contributed by atoms with van der Waals surface area (Å²) in [6.07, 6.45) is 3.14. The van der Waals surface area contributed by atoms with Crippen LogP contribution in [0.4, 0.5) is 0 Å². The second-order valence-corrected chi connectivity index (χ2v) is 3.87. The third kappa shape index (κ3) is 2.20. The van der Waals surface area contributed by atoms with Crippen molar-refractivity contribution in [3.63, 3.8) is 0 Å². The van der Waals surface area contributed by atoms with Crippen molar-refractivity contribution < 1.29 is 14.3 Å². The minimum absolute atomic E-state index is 0.283. The largest absolute Gasteiger partial charge is 0.468 e. The van der Waals surface area contributed by atoms with Gasteiger partial charge in [-0.2, -0.15) is 0 Å². The molecule has 1 aromatic heterocycles. The van der Waals surface area contributed by atoms with Crippen LogP contribution >= 0.6 is 0 Å². The van der Waals surface area contributed by atoms with Gasteiger partial charge in [0.1, 0.15) is 5.92 Å². The van der Waals surface area contributed by atoms with Gasteiger partial charge in [-0.15, -0.1) is 0 Å². The molecule has 0 spiro atoms. The lowest BCUT2D eigenvalue weighted by Crippen LogP contribution is -2.22. The number of fused-ring (bicyclic) bond motifs is 1. The fraction of sp³-hybridized carbons (Fsp3) is 0.231. The molecule has 5 heteroatoms. The maximum atomic E-state index is 12.0. The van der Waals surface area contributed by atoms with Gasteiger partial charge in [-0.3, -0.25) is 19.6 Å². The van der Waals surface area contributed by atoms with E-state index in [1.807, 2.05) is 0 Å². The van der Waals surface area contributed by atoms with E-state index in [4.69, 9.17) is 0 Å². The molecule has 2 rings (SSSR count). The van der Waals surface area contributed by atoms with Crippen molar-refractivity contribution in [3.05, 3.63) is 36.2 Å². The van der Waals surface area contributed by atoms with E-state index >= 15 is 0 Å². The molecule has 0 saturated heterocycles. The first-order valence-electron chi connectivity index (χ1n) is 5.46. The molecule has 1 aromatic carbocycles. The van der Waals surface area contributed by atoms with Crippen molar-refractivity contribution in [1.82, 2.24) is 9.97 Å². The van der Waals surface area contributed by atoms with E-state index in [2.05, 4.69) is 14.7 Å². The molecular weight excluding hydrogens is 232 g/mol. The summed E-state index contributed by atoms with van der Waals surface area (Å²) < 4.78 is 4.55. The summed E-state index contributed by atoms with van der Waals surface area (Å²) in [5, 5.41) is 0. The molecule has 18 heavy (non-hydrogen) atoms. The number of hydrogen-bond acceptors (Lipinski definition) is 5. The highest BCUT2D eigenvalue weighted by Crippen LogP contribution is 2.15.